The van der Waals surface area contributed by atoms with Gasteiger partial charge < -0.3 is 0 Å². The molecule has 0 spiro atoms. The molecule has 0 saturated carbocycles. The molecule has 0 saturated heterocycles. The molecule has 4 heteroatoms. The molecular weight excluding hydrogens is 308 g/mol. The van der Waals surface area contributed by atoms with Crippen LogP contribution in [0.3, 0.4) is 0 Å². The maximum absolute atomic E-state index is 8.36. The van der Waals surface area contributed by atoms with Gasteiger partial charge in [0, 0.05) is 21.7 Å². The van der Waals surface area contributed by atoms with Crippen molar-refractivity contribution in [2.45, 2.75) is 0 Å². The van der Waals surface area contributed by atoms with Crippen LogP contribution in [0.5, 0.6) is 0 Å². The van der Waals surface area contributed by atoms with Crippen molar-refractivity contribution in [2.24, 2.45) is 0 Å². The first-order chi connectivity index (χ1) is 1.00. The zero-order valence-corrected chi connectivity index (χ0v) is 7.62. The van der Waals surface area contributed by atoms with E-state index in [1.807, 2.05) is 0 Å². The summed E-state index contributed by atoms with van der Waals surface area (Å²) in [4.78, 5) is 0. The standard InChI is InChI=1S/Bi.ClH.O.Ti/h;1H;;. The van der Waals surface area contributed by atoms with E-state index in [4.69, 9.17) is 2.81 Å². The van der Waals surface area contributed by atoms with Crippen LogP contribution in [0.2, 0.25) is 0 Å². The predicted molar refractivity (Wildman–Crippen MR) is 13.7 cm³/mol. The molecule has 0 rings (SSSR count). The SMILES string of the molecule is Cl.[O]=[Bi].[Ti]. The molecule has 0 aromatic heterocycles. The second kappa shape index (κ2) is 22.4. The number of halogens is 1. The Kier molecular flexibility index (Phi) is 96.8. The van der Waals surface area contributed by atoms with E-state index in [0.717, 1.165) is 0 Å². The van der Waals surface area contributed by atoms with E-state index >= 15 is 0 Å². The van der Waals surface area contributed by atoms with Crippen LogP contribution in [-0.2, 0) is 24.5 Å². The summed E-state index contributed by atoms with van der Waals surface area (Å²) in [5, 5.41) is 0. The van der Waals surface area contributed by atoms with Crippen LogP contribution in [0.1, 0.15) is 0 Å². The third-order valence-corrected chi connectivity index (χ3v) is 0. The van der Waals surface area contributed by atoms with Crippen molar-refractivity contribution in [1.82, 2.24) is 0 Å². The average molecular weight is 309 g/mol. The van der Waals surface area contributed by atoms with Crippen LogP contribution in [0.4, 0.5) is 0 Å². The zero-order chi connectivity index (χ0) is 2.00. The summed E-state index contributed by atoms with van der Waals surface area (Å²) in [6, 6.07) is 0. The van der Waals surface area contributed by atoms with E-state index in [1.165, 1.54) is 0 Å². The van der Waals surface area contributed by atoms with Crippen molar-refractivity contribution >= 4 is 37.1 Å². The van der Waals surface area contributed by atoms with Crippen molar-refractivity contribution in [2.75, 3.05) is 0 Å². The van der Waals surface area contributed by atoms with Crippen LogP contribution >= 0.6 is 12.4 Å². The molecule has 0 heterocycles. The van der Waals surface area contributed by atoms with Crippen LogP contribution in [0, 0.1) is 0 Å². The minimum atomic E-state index is 0. The molecule has 0 amide bonds. The van der Waals surface area contributed by atoms with Gasteiger partial charge in [0.15, 0.2) is 0 Å². The van der Waals surface area contributed by atoms with Gasteiger partial charge in [-0.15, -0.1) is 12.4 Å². The Labute approximate surface area is 61.1 Å². The van der Waals surface area contributed by atoms with E-state index < -0.39 is 0 Å². The van der Waals surface area contributed by atoms with Crippen molar-refractivity contribution < 1.29 is 24.5 Å². The molecule has 4 heavy (non-hydrogen) atoms. The van der Waals surface area contributed by atoms with Gasteiger partial charge in [-0.25, -0.2) is 0 Å². The summed E-state index contributed by atoms with van der Waals surface area (Å²) in [5.41, 5.74) is 0. The fourth-order valence-electron chi connectivity index (χ4n) is 0. The Morgan fingerprint density at radius 2 is 1.25 bits per heavy atom. The molecule has 1 nitrogen and oxygen atoms in total. The fraction of sp³-hybridized carbons (Fsp3) is 0. The van der Waals surface area contributed by atoms with Gasteiger partial charge >= 0.3 is 27.5 Å². The number of hydrogen-bond donors (Lipinski definition) is 0. The Morgan fingerprint density at radius 1 is 1.25 bits per heavy atom. The van der Waals surface area contributed by atoms with Crippen molar-refractivity contribution in [1.29, 1.82) is 0 Å². The normalized spacial score (nSPS) is 1.00. The molecule has 0 aliphatic rings. The molecule has 0 N–H and O–H groups in total. The molecule has 0 unspecified atom stereocenters. The molecule has 23 valence electrons. The van der Waals surface area contributed by atoms with Gasteiger partial charge in [0.2, 0.25) is 0 Å². The molecule has 0 aliphatic heterocycles. The smallest absolute Gasteiger partial charge is 0 e. The van der Waals surface area contributed by atoms with Gasteiger partial charge in [-0.1, -0.05) is 0 Å². The summed E-state index contributed by atoms with van der Waals surface area (Å²) in [6.07, 6.45) is 0. The van der Waals surface area contributed by atoms with E-state index in [2.05, 4.69) is 0 Å². The van der Waals surface area contributed by atoms with Crippen LogP contribution in [-0.4, -0.2) is 24.7 Å². The monoisotopic (exact) mass is 309 g/mol. The molecule has 0 atom stereocenters. The molecule has 0 aromatic carbocycles. The van der Waals surface area contributed by atoms with Crippen molar-refractivity contribution in [3.8, 4) is 0 Å². The maximum atomic E-state index is 8.36. The first-order valence-electron chi connectivity index (χ1n) is 0.183. The Balaban J connectivity index is -0.00000000500. The van der Waals surface area contributed by atoms with Gasteiger partial charge in [0.05, 0.1) is 0 Å². The largest absolute Gasteiger partial charge is 0 e. The van der Waals surface area contributed by atoms with Crippen LogP contribution in [0.25, 0.3) is 0 Å². The van der Waals surface area contributed by atoms with Crippen LogP contribution in [0.15, 0.2) is 0 Å². The second-order valence-electron chi connectivity index (χ2n) is 0. The van der Waals surface area contributed by atoms with Gasteiger partial charge in [-0.05, 0) is 0 Å². The van der Waals surface area contributed by atoms with Crippen molar-refractivity contribution in [3.63, 3.8) is 0 Å². The fourth-order valence-corrected chi connectivity index (χ4v) is 0. The van der Waals surface area contributed by atoms with Crippen LogP contribution < -0.4 is 0 Å². The summed E-state index contributed by atoms with van der Waals surface area (Å²) in [5.74, 6) is 0. The van der Waals surface area contributed by atoms with E-state index in [-0.39, 0.29) is 58.8 Å². The Bertz CT molecular complexity index is 8.00. The molecule has 1 radical (unpaired) electrons. The topological polar surface area (TPSA) is 17.1 Å². The van der Waals surface area contributed by atoms with Gasteiger partial charge in [0.25, 0.3) is 0 Å². The summed E-state index contributed by atoms with van der Waals surface area (Å²) in [6.45, 7) is 0. The minimum Gasteiger partial charge on any atom is 0 e. The van der Waals surface area contributed by atoms with Gasteiger partial charge in [0.1, 0.15) is 0 Å². The molecule has 0 fully saturated rings. The van der Waals surface area contributed by atoms with Crippen molar-refractivity contribution in [3.05, 3.63) is 0 Å². The number of rotatable bonds is 0. The molecule has 0 aromatic rings. The zero-order valence-electron chi connectivity index (χ0n) is 1.76. The molecule has 0 aliphatic carbocycles. The van der Waals surface area contributed by atoms with Gasteiger partial charge in [-0.3, -0.25) is 0 Å². The maximum Gasteiger partial charge on any atom is 0 e. The first-order valence-corrected chi connectivity index (χ1v) is 1.60. The Hall–Kier alpha value is 1.69. The Morgan fingerprint density at radius 3 is 1.25 bits per heavy atom. The molecular formula is HBiClOTi. The third kappa shape index (κ3) is 9.35. The van der Waals surface area contributed by atoms with E-state index in [1.54, 1.807) is 0 Å². The first kappa shape index (κ1) is 17.3. The van der Waals surface area contributed by atoms with E-state index in [9.17, 15) is 0 Å². The average Bonchev–Trinajstić information content (AvgIpc) is 1.00. The molecule has 0 bridgehead atoms. The summed E-state index contributed by atoms with van der Waals surface area (Å²) < 4.78 is 8.36. The minimum absolute atomic E-state index is 0. The number of hydrogen-bond acceptors (Lipinski definition) is 1. The quantitative estimate of drug-likeness (QED) is 0.572. The second-order valence-corrected chi connectivity index (χ2v) is 0. The predicted octanol–water partition coefficient (Wildman–Crippen LogP) is -0.0803. The van der Waals surface area contributed by atoms with E-state index in [0.29, 0.717) is 0 Å². The van der Waals surface area contributed by atoms with Gasteiger partial charge in [-0.2, -0.15) is 0 Å². The summed E-state index contributed by atoms with van der Waals surface area (Å²) in [7, 11) is 0. The summed E-state index contributed by atoms with van der Waals surface area (Å²) >= 11 is 0.194. The third-order valence-electron chi connectivity index (χ3n) is 0.